The first kappa shape index (κ1) is 14.0. The molecule has 0 aliphatic carbocycles. The van der Waals surface area contributed by atoms with Crippen molar-refractivity contribution in [3.8, 4) is 0 Å². The monoisotopic (exact) mass is 290 g/mol. The van der Waals surface area contributed by atoms with Crippen LogP contribution in [0.3, 0.4) is 0 Å². The summed E-state index contributed by atoms with van der Waals surface area (Å²) in [6, 6.07) is 4.98. The van der Waals surface area contributed by atoms with Gasteiger partial charge in [-0.25, -0.2) is 4.79 Å². The summed E-state index contributed by atoms with van der Waals surface area (Å²) in [4.78, 5) is 25.4. The summed E-state index contributed by atoms with van der Waals surface area (Å²) in [6.07, 6.45) is 0.694. The van der Waals surface area contributed by atoms with Gasteiger partial charge >= 0.3 is 5.97 Å². The molecule has 2 N–H and O–H groups in total. The summed E-state index contributed by atoms with van der Waals surface area (Å²) < 4.78 is 5.39. The molecule has 6 nitrogen and oxygen atoms in total. The fourth-order valence-corrected chi connectivity index (χ4v) is 3.05. The summed E-state index contributed by atoms with van der Waals surface area (Å²) in [7, 11) is 1.83. The van der Waals surface area contributed by atoms with E-state index in [4.69, 9.17) is 9.84 Å². The van der Waals surface area contributed by atoms with Crippen molar-refractivity contribution < 1.29 is 19.4 Å². The molecule has 0 radical (unpaired) electrons. The van der Waals surface area contributed by atoms with Gasteiger partial charge in [0.2, 0.25) is 5.91 Å². The first-order chi connectivity index (χ1) is 10.1. The third-order valence-electron chi connectivity index (χ3n) is 4.26. The van der Waals surface area contributed by atoms with Crippen LogP contribution in [0.15, 0.2) is 18.2 Å². The number of hydrogen-bond donors (Lipinski definition) is 2. The van der Waals surface area contributed by atoms with Crippen LogP contribution in [0.1, 0.15) is 15.9 Å². The molecule has 0 saturated carbocycles. The largest absolute Gasteiger partial charge is 0.478 e. The van der Waals surface area contributed by atoms with Gasteiger partial charge in [0.05, 0.1) is 24.7 Å². The van der Waals surface area contributed by atoms with Crippen molar-refractivity contribution in [2.45, 2.75) is 12.5 Å². The highest BCUT2D eigenvalue weighted by Gasteiger charge is 2.38. The molecule has 1 saturated heterocycles. The van der Waals surface area contributed by atoms with Crippen molar-refractivity contribution in [2.24, 2.45) is 5.92 Å². The van der Waals surface area contributed by atoms with Gasteiger partial charge in [-0.15, -0.1) is 0 Å². The van der Waals surface area contributed by atoms with Crippen LogP contribution in [0, 0.1) is 5.92 Å². The summed E-state index contributed by atoms with van der Waals surface area (Å²) in [6.45, 7) is 1.58. The van der Waals surface area contributed by atoms with E-state index in [1.165, 1.54) is 0 Å². The van der Waals surface area contributed by atoms with Gasteiger partial charge in [-0.05, 0) is 37.2 Å². The number of rotatable bonds is 3. The average Bonchev–Trinajstić information content (AvgIpc) is 3.12. The molecule has 1 aromatic rings. The molecule has 0 aromatic heterocycles. The van der Waals surface area contributed by atoms with Crippen LogP contribution in [0.5, 0.6) is 0 Å². The van der Waals surface area contributed by atoms with E-state index < -0.39 is 5.97 Å². The molecule has 1 aromatic carbocycles. The van der Waals surface area contributed by atoms with Crippen molar-refractivity contribution in [2.75, 3.05) is 31.7 Å². The molecule has 3 rings (SSSR count). The molecule has 1 amide bonds. The minimum Gasteiger partial charge on any atom is -0.478 e. The normalized spacial score (nSPS) is 24.1. The second-order valence-electron chi connectivity index (χ2n) is 5.43. The zero-order valence-electron chi connectivity index (χ0n) is 11.8. The zero-order chi connectivity index (χ0) is 15.0. The van der Waals surface area contributed by atoms with Gasteiger partial charge in [-0.2, -0.15) is 0 Å². The summed E-state index contributed by atoms with van der Waals surface area (Å²) in [5.41, 5.74) is 2.01. The van der Waals surface area contributed by atoms with Crippen molar-refractivity contribution in [3.05, 3.63) is 29.3 Å². The van der Waals surface area contributed by atoms with Gasteiger partial charge in [0.25, 0.3) is 0 Å². The number of aromatic carboxylic acids is 1. The Bertz CT molecular complexity index is 587. The summed E-state index contributed by atoms with van der Waals surface area (Å²) in [5, 5.41) is 12.1. The minimum absolute atomic E-state index is 0.0415. The van der Waals surface area contributed by atoms with E-state index in [1.54, 1.807) is 23.1 Å². The Hall–Kier alpha value is -1.92. The van der Waals surface area contributed by atoms with Crippen LogP contribution >= 0.6 is 0 Å². The smallest absolute Gasteiger partial charge is 0.335 e. The van der Waals surface area contributed by atoms with Crippen LogP contribution < -0.4 is 10.2 Å². The number of amides is 1. The molecule has 0 bridgehead atoms. The van der Waals surface area contributed by atoms with E-state index in [0.717, 1.165) is 11.3 Å². The molecule has 0 spiro atoms. The first-order valence-corrected chi connectivity index (χ1v) is 7.04. The number of fused-ring (bicyclic) bond motifs is 1. The number of ether oxygens (including phenoxy) is 1. The molecule has 2 aliphatic rings. The first-order valence-electron chi connectivity index (χ1n) is 7.04. The lowest BCUT2D eigenvalue weighted by atomic mass is 10.0. The number of likely N-dealkylation sites (N-methyl/N-ethyl adjacent to an activating group) is 1. The van der Waals surface area contributed by atoms with E-state index >= 15 is 0 Å². The lowest BCUT2D eigenvalue weighted by Crippen LogP contribution is -2.44. The van der Waals surface area contributed by atoms with Crippen LogP contribution in [0.25, 0.3) is 0 Å². The highest BCUT2D eigenvalue weighted by Crippen LogP contribution is 2.31. The van der Waals surface area contributed by atoms with Gasteiger partial charge in [-0.1, -0.05) is 0 Å². The van der Waals surface area contributed by atoms with Crippen LogP contribution in [0.2, 0.25) is 0 Å². The quantitative estimate of drug-likeness (QED) is 0.848. The number of nitrogens with one attached hydrogen (secondary N) is 1. The van der Waals surface area contributed by atoms with Crippen LogP contribution in [0.4, 0.5) is 5.69 Å². The van der Waals surface area contributed by atoms with Gasteiger partial charge in [0.1, 0.15) is 0 Å². The van der Waals surface area contributed by atoms with E-state index in [-0.39, 0.29) is 23.4 Å². The Labute approximate surface area is 122 Å². The highest BCUT2D eigenvalue weighted by molar-refractivity contribution is 5.98. The summed E-state index contributed by atoms with van der Waals surface area (Å²) in [5.74, 6) is -1.07. The summed E-state index contributed by atoms with van der Waals surface area (Å²) >= 11 is 0. The molecular formula is C15H18N2O4. The van der Waals surface area contributed by atoms with E-state index in [9.17, 15) is 9.59 Å². The highest BCUT2D eigenvalue weighted by atomic mass is 16.5. The van der Waals surface area contributed by atoms with Gasteiger partial charge in [-0.3, -0.25) is 4.79 Å². The Morgan fingerprint density at radius 3 is 2.90 bits per heavy atom. The molecule has 6 heteroatoms. The predicted molar refractivity (Wildman–Crippen MR) is 76.6 cm³/mol. The molecular weight excluding hydrogens is 272 g/mol. The third-order valence-corrected chi connectivity index (χ3v) is 4.26. The maximum atomic E-state index is 12.7. The molecule has 1 fully saturated rings. The van der Waals surface area contributed by atoms with Gasteiger partial charge in [0, 0.05) is 18.3 Å². The number of hydrogen-bond acceptors (Lipinski definition) is 4. The molecule has 2 heterocycles. The lowest BCUT2D eigenvalue weighted by molar-refractivity contribution is -0.122. The second-order valence-corrected chi connectivity index (χ2v) is 5.43. The Kier molecular flexibility index (Phi) is 3.65. The topological polar surface area (TPSA) is 78.9 Å². The average molecular weight is 290 g/mol. The number of nitrogens with zero attached hydrogens (tertiary/aromatic N) is 1. The molecule has 2 unspecified atom stereocenters. The van der Waals surface area contributed by atoms with E-state index in [2.05, 4.69) is 5.32 Å². The van der Waals surface area contributed by atoms with Gasteiger partial charge in [0.15, 0.2) is 0 Å². The fourth-order valence-electron chi connectivity index (χ4n) is 3.05. The maximum absolute atomic E-state index is 12.7. The zero-order valence-corrected chi connectivity index (χ0v) is 11.8. The number of carboxylic acid groups (broad SMARTS) is 1. The molecule has 21 heavy (non-hydrogen) atoms. The molecule has 2 atom stereocenters. The Morgan fingerprint density at radius 2 is 2.19 bits per heavy atom. The van der Waals surface area contributed by atoms with Crippen LogP contribution in [-0.2, 0) is 16.0 Å². The SMILES string of the molecule is CNC1COCC1C(=O)N1CCc2cc(C(=O)O)ccc21. The van der Waals surface area contributed by atoms with Crippen molar-refractivity contribution in [3.63, 3.8) is 0 Å². The number of benzene rings is 1. The number of carbonyl (C=O) groups is 2. The van der Waals surface area contributed by atoms with Crippen molar-refractivity contribution in [1.82, 2.24) is 5.32 Å². The van der Waals surface area contributed by atoms with Crippen LogP contribution in [-0.4, -0.2) is 49.8 Å². The maximum Gasteiger partial charge on any atom is 0.335 e. The fraction of sp³-hybridized carbons (Fsp3) is 0.467. The Morgan fingerprint density at radius 1 is 1.38 bits per heavy atom. The predicted octanol–water partition coefficient (Wildman–Crippen LogP) is 0.508. The number of carbonyl (C=O) groups excluding carboxylic acids is 1. The van der Waals surface area contributed by atoms with Crippen molar-refractivity contribution >= 4 is 17.6 Å². The number of anilines is 1. The third kappa shape index (κ3) is 2.41. The minimum atomic E-state index is -0.943. The van der Waals surface area contributed by atoms with Crippen molar-refractivity contribution in [1.29, 1.82) is 0 Å². The lowest BCUT2D eigenvalue weighted by Gasteiger charge is -2.24. The van der Waals surface area contributed by atoms with Gasteiger partial charge < -0.3 is 20.1 Å². The standard InChI is InChI=1S/C15H18N2O4/c1-16-12-8-21-7-11(12)14(18)17-5-4-9-6-10(15(19)20)2-3-13(9)17/h2-3,6,11-12,16H,4-5,7-8H2,1H3,(H,19,20). The molecule has 112 valence electrons. The van der Waals surface area contributed by atoms with E-state index in [0.29, 0.717) is 26.2 Å². The Balaban J connectivity index is 1.84. The molecule has 2 aliphatic heterocycles. The number of carboxylic acids is 1. The van der Waals surface area contributed by atoms with E-state index in [1.807, 2.05) is 7.05 Å². The second kappa shape index (κ2) is 5.46.